The van der Waals surface area contributed by atoms with Crippen molar-refractivity contribution >= 4 is 46.0 Å². The number of benzene rings is 2. The molecule has 0 spiro atoms. The lowest BCUT2D eigenvalue weighted by atomic mass is 10.1. The molecule has 1 unspecified atom stereocenters. The van der Waals surface area contributed by atoms with E-state index in [1.165, 1.54) is 24.6 Å². The highest BCUT2D eigenvalue weighted by Gasteiger charge is 2.23. The minimum Gasteiger partial charge on any atom is -0.367 e. The van der Waals surface area contributed by atoms with Crippen molar-refractivity contribution in [3.63, 3.8) is 0 Å². The molecule has 28 heavy (non-hydrogen) atoms. The number of anilines is 1. The third-order valence-corrected chi connectivity index (χ3v) is 5.77. The summed E-state index contributed by atoms with van der Waals surface area (Å²) in [6.07, 6.45) is 2.34. The molecule has 4 rings (SSSR count). The summed E-state index contributed by atoms with van der Waals surface area (Å²) < 4.78 is 0. The predicted octanol–water partition coefficient (Wildman–Crippen LogP) is 4.83. The van der Waals surface area contributed by atoms with Crippen LogP contribution in [0.15, 0.2) is 53.7 Å². The van der Waals surface area contributed by atoms with Crippen LogP contribution in [0.2, 0.25) is 5.02 Å². The summed E-state index contributed by atoms with van der Waals surface area (Å²) in [5, 5.41) is 8.71. The molecule has 3 aromatic rings. The molecule has 144 valence electrons. The van der Waals surface area contributed by atoms with Crippen LogP contribution in [0.25, 0.3) is 10.9 Å². The molecular weight excluding hydrogens is 392 g/mol. The number of carbonyl (C=O) groups excluding carboxylic acids is 1. The van der Waals surface area contributed by atoms with Crippen LogP contribution in [-0.4, -0.2) is 27.7 Å². The Bertz CT molecular complexity index is 1010. The van der Waals surface area contributed by atoms with E-state index in [4.69, 9.17) is 11.6 Å². The SMILES string of the molecule is CC(NC(=O)CSc1nc(NC2CC2)c2ccccc2n1)c1ccccc1Cl. The summed E-state index contributed by atoms with van der Waals surface area (Å²) in [7, 11) is 0. The number of para-hydroxylation sites is 1. The van der Waals surface area contributed by atoms with Gasteiger partial charge < -0.3 is 10.6 Å². The van der Waals surface area contributed by atoms with E-state index in [1.54, 1.807) is 0 Å². The van der Waals surface area contributed by atoms with Crippen LogP contribution < -0.4 is 10.6 Å². The maximum absolute atomic E-state index is 12.4. The van der Waals surface area contributed by atoms with Gasteiger partial charge in [0, 0.05) is 16.5 Å². The molecule has 1 atom stereocenters. The summed E-state index contributed by atoms with van der Waals surface area (Å²) in [5.41, 5.74) is 1.79. The van der Waals surface area contributed by atoms with E-state index in [0.717, 1.165) is 22.3 Å². The Morgan fingerprint density at radius 3 is 2.71 bits per heavy atom. The van der Waals surface area contributed by atoms with Gasteiger partial charge in [0.25, 0.3) is 0 Å². The van der Waals surface area contributed by atoms with Crippen molar-refractivity contribution < 1.29 is 4.79 Å². The van der Waals surface area contributed by atoms with E-state index in [2.05, 4.69) is 20.6 Å². The van der Waals surface area contributed by atoms with E-state index >= 15 is 0 Å². The Kier molecular flexibility index (Phi) is 5.69. The number of fused-ring (bicyclic) bond motifs is 1. The number of hydrogen-bond donors (Lipinski definition) is 2. The van der Waals surface area contributed by atoms with Crippen molar-refractivity contribution in [1.29, 1.82) is 0 Å². The van der Waals surface area contributed by atoms with Crippen LogP contribution in [-0.2, 0) is 4.79 Å². The fourth-order valence-corrected chi connectivity index (χ4v) is 3.93. The number of rotatable bonds is 7. The molecule has 1 aliphatic carbocycles. The minimum absolute atomic E-state index is 0.0779. The summed E-state index contributed by atoms with van der Waals surface area (Å²) in [5.74, 6) is 1.02. The van der Waals surface area contributed by atoms with Gasteiger partial charge in [-0.1, -0.05) is 53.7 Å². The molecule has 1 saturated carbocycles. The van der Waals surface area contributed by atoms with Gasteiger partial charge in [0.15, 0.2) is 5.16 Å². The monoisotopic (exact) mass is 412 g/mol. The molecule has 1 amide bonds. The average molecular weight is 413 g/mol. The van der Waals surface area contributed by atoms with Gasteiger partial charge in [-0.05, 0) is 43.5 Å². The summed E-state index contributed by atoms with van der Waals surface area (Å²) in [4.78, 5) is 21.6. The number of thioether (sulfide) groups is 1. The van der Waals surface area contributed by atoms with E-state index in [9.17, 15) is 4.79 Å². The Labute approximate surface area is 173 Å². The first-order valence-electron chi connectivity index (χ1n) is 9.30. The van der Waals surface area contributed by atoms with Gasteiger partial charge in [0.2, 0.25) is 5.91 Å². The highest BCUT2D eigenvalue weighted by Crippen LogP contribution is 2.30. The first-order valence-corrected chi connectivity index (χ1v) is 10.7. The van der Waals surface area contributed by atoms with E-state index < -0.39 is 0 Å². The van der Waals surface area contributed by atoms with Crippen LogP contribution in [0, 0.1) is 0 Å². The first-order chi connectivity index (χ1) is 13.6. The normalized spacial score (nSPS) is 14.6. The third kappa shape index (κ3) is 4.56. The number of amides is 1. The second-order valence-electron chi connectivity index (χ2n) is 6.89. The van der Waals surface area contributed by atoms with E-state index in [0.29, 0.717) is 16.2 Å². The van der Waals surface area contributed by atoms with Crippen LogP contribution in [0.1, 0.15) is 31.4 Å². The molecule has 5 nitrogen and oxygen atoms in total. The smallest absolute Gasteiger partial charge is 0.230 e. The Balaban J connectivity index is 1.43. The van der Waals surface area contributed by atoms with Crippen molar-refractivity contribution in [3.05, 3.63) is 59.1 Å². The molecule has 7 heteroatoms. The molecular formula is C21H21ClN4OS. The van der Waals surface area contributed by atoms with Crippen LogP contribution in [0.5, 0.6) is 0 Å². The van der Waals surface area contributed by atoms with Gasteiger partial charge in [-0.2, -0.15) is 0 Å². The maximum Gasteiger partial charge on any atom is 0.230 e. The molecule has 1 heterocycles. The average Bonchev–Trinajstić information content (AvgIpc) is 3.51. The lowest BCUT2D eigenvalue weighted by molar-refractivity contribution is -0.119. The van der Waals surface area contributed by atoms with Crippen molar-refractivity contribution in [2.75, 3.05) is 11.1 Å². The summed E-state index contributed by atoms with van der Waals surface area (Å²) >= 11 is 7.55. The fourth-order valence-electron chi connectivity index (χ4n) is 2.97. The van der Waals surface area contributed by atoms with Crippen LogP contribution >= 0.6 is 23.4 Å². The van der Waals surface area contributed by atoms with Gasteiger partial charge >= 0.3 is 0 Å². The number of halogens is 1. The first kappa shape index (κ1) is 19.0. The van der Waals surface area contributed by atoms with Crippen molar-refractivity contribution in [2.24, 2.45) is 0 Å². The summed E-state index contributed by atoms with van der Waals surface area (Å²) in [6, 6.07) is 15.8. The zero-order chi connectivity index (χ0) is 19.5. The molecule has 0 saturated heterocycles. The fraction of sp³-hybridized carbons (Fsp3) is 0.286. The molecule has 0 bridgehead atoms. The Morgan fingerprint density at radius 1 is 1.18 bits per heavy atom. The largest absolute Gasteiger partial charge is 0.367 e. The Morgan fingerprint density at radius 2 is 1.93 bits per heavy atom. The topological polar surface area (TPSA) is 66.9 Å². The highest BCUT2D eigenvalue weighted by molar-refractivity contribution is 7.99. The van der Waals surface area contributed by atoms with Gasteiger partial charge in [-0.25, -0.2) is 9.97 Å². The highest BCUT2D eigenvalue weighted by atomic mass is 35.5. The molecule has 2 aromatic carbocycles. The Hall–Kier alpha value is -2.31. The van der Waals surface area contributed by atoms with Gasteiger partial charge in [-0.3, -0.25) is 4.79 Å². The van der Waals surface area contributed by atoms with Crippen LogP contribution in [0.3, 0.4) is 0 Å². The van der Waals surface area contributed by atoms with Crippen LogP contribution in [0.4, 0.5) is 5.82 Å². The molecule has 1 aliphatic rings. The second-order valence-corrected chi connectivity index (χ2v) is 8.24. The van der Waals surface area contributed by atoms with Crippen molar-refractivity contribution in [2.45, 2.75) is 37.0 Å². The van der Waals surface area contributed by atoms with E-state index in [-0.39, 0.29) is 17.7 Å². The second kappa shape index (κ2) is 8.37. The molecule has 0 aliphatic heterocycles. The quantitative estimate of drug-likeness (QED) is 0.430. The molecule has 2 N–H and O–H groups in total. The van der Waals surface area contributed by atoms with Crippen molar-refractivity contribution in [3.8, 4) is 0 Å². The van der Waals surface area contributed by atoms with Gasteiger partial charge in [0.1, 0.15) is 5.82 Å². The number of nitrogens with zero attached hydrogens (tertiary/aromatic N) is 2. The van der Waals surface area contributed by atoms with E-state index in [1.807, 2.05) is 55.5 Å². The zero-order valence-electron chi connectivity index (χ0n) is 15.5. The number of hydrogen-bond acceptors (Lipinski definition) is 5. The van der Waals surface area contributed by atoms with Gasteiger partial charge in [-0.15, -0.1) is 0 Å². The number of nitrogens with one attached hydrogen (secondary N) is 2. The maximum atomic E-state index is 12.4. The zero-order valence-corrected chi connectivity index (χ0v) is 17.1. The number of aromatic nitrogens is 2. The lowest BCUT2D eigenvalue weighted by Gasteiger charge is -2.15. The summed E-state index contributed by atoms with van der Waals surface area (Å²) in [6.45, 7) is 1.92. The van der Waals surface area contributed by atoms with Gasteiger partial charge in [0.05, 0.1) is 17.3 Å². The molecule has 0 radical (unpaired) electrons. The molecule has 1 fully saturated rings. The lowest BCUT2D eigenvalue weighted by Crippen LogP contribution is -2.28. The predicted molar refractivity (Wildman–Crippen MR) is 115 cm³/mol. The standard InChI is InChI=1S/C21H21ClN4OS/c1-13(15-6-2-4-8-17(15)22)23-19(27)12-28-21-25-18-9-5-3-7-16(18)20(26-21)24-14-10-11-14/h2-9,13-14H,10-12H2,1H3,(H,23,27)(H,24,25,26). The number of carbonyl (C=O) groups is 1. The molecule has 1 aromatic heterocycles. The minimum atomic E-state index is -0.161. The van der Waals surface area contributed by atoms with Crippen molar-refractivity contribution in [1.82, 2.24) is 15.3 Å². The third-order valence-electron chi connectivity index (χ3n) is 4.58.